The SMILES string of the molecule is CC(=O)O.F[CH2][Fe]. The first-order valence-corrected chi connectivity index (χ1v) is 2.23. The number of carboxylic acids is 1. The number of carboxylic acid groups (broad SMARTS) is 1. The molecule has 0 amide bonds. The Morgan fingerprint density at radius 1 is 2.00 bits per heavy atom. The van der Waals surface area contributed by atoms with E-state index in [9.17, 15) is 4.39 Å². The fourth-order valence-electron chi connectivity index (χ4n) is 0. The Kier molecular flexibility index (Phi) is 13.3. The Bertz CT molecular complexity index is 44.2. The molecule has 4 heteroatoms. The van der Waals surface area contributed by atoms with Gasteiger partial charge in [-0.05, 0) is 0 Å². The molecule has 0 spiro atoms. The summed E-state index contributed by atoms with van der Waals surface area (Å²) >= 11 is 2.82. The molecule has 0 atom stereocenters. The Labute approximate surface area is 49.5 Å². The van der Waals surface area contributed by atoms with Crippen LogP contribution in [0.4, 0.5) is 4.39 Å². The number of rotatable bonds is 0. The number of halogens is 1. The molecule has 0 aliphatic rings. The summed E-state index contributed by atoms with van der Waals surface area (Å²) in [4.78, 5) is 9.00. The summed E-state index contributed by atoms with van der Waals surface area (Å²) in [5.74, 6) is -0.833. The summed E-state index contributed by atoms with van der Waals surface area (Å²) in [6.07, 6.45) is 0. The van der Waals surface area contributed by atoms with Gasteiger partial charge in [0.1, 0.15) is 0 Å². The Balaban J connectivity index is 0. The van der Waals surface area contributed by atoms with Crippen LogP contribution in [0.25, 0.3) is 0 Å². The van der Waals surface area contributed by atoms with Crippen molar-refractivity contribution in [2.24, 2.45) is 0 Å². The van der Waals surface area contributed by atoms with Gasteiger partial charge in [-0.15, -0.1) is 0 Å². The Morgan fingerprint density at radius 3 is 2.00 bits per heavy atom. The van der Waals surface area contributed by atoms with Crippen molar-refractivity contribution in [1.82, 2.24) is 0 Å². The fourth-order valence-corrected chi connectivity index (χ4v) is 0. The van der Waals surface area contributed by atoms with Gasteiger partial charge in [0.2, 0.25) is 0 Å². The molecule has 1 N–H and O–H groups in total. The Morgan fingerprint density at radius 2 is 2.00 bits per heavy atom. The third-order valence-corrected chi connectivity index (χ3v) is 0. The molecule has 7 heavy (non-hydrogen) atoms. The van der Waals surface area contributed by atoms with Crippen LogP contribution in [0.2, 0.25) is 0 Å². The standard InChI is InChI=1S/C2H4O2.CH2F.Fe/c1-2(3)4;1-2;/h1H3,(H,3,4);1H2;. The first-order valence-electron chi connectivity index (χ1n) is 1.44. The van der Waals surface area contributed by atoms with Gasteiger partial charge in [-0.25, -0.2) is 0 Å². The summed E-state index contributed by atoms with van der Waals surface area (Å²) < 4.78 is 10.2. The first-order chi connectivity index (χ1) is 3.15. The molecule has 0 radical (unpaired) electrons. The van der Waals surface area contributed by atoms with E-state index >= 15 is 0 Å². The molecule has 0 aliphatic heterocycles. The number of hydrogen-bond donors (Lipinski definition) is 1. The molecule has 0 saturated carbocycles. The van der Waals surface area contributed by atoms with E-state index in [-0.39, 0.29) is 0 Å². The van der Waals surface area contributed by atoms with Gasteiger partial charge in [0.05, 0.1) is 0 Å². The summed E-state index contributed by atoms with van der Waals surface area (Å²) in [6.45, 7) is 1.08. The number of carbonyl (C=O) groups is 1. The predicted octanol–water partition coefficient (Wildman–Crippen LogP) is 0.551. The maximum absolute atomic E-state index is 10.2. The molecular weight excluding hydrogens is 143 g/mol. The van der Waals surface area contributed by atoms with E-state index in [4.69, 9.17) is 9.90 Å². The van der Waals surface area contributed by atoms with Gasteiger partial charge in [-0.3, -0.25) is 4.79 Å². The number of aliphatic carboxylic acids is 1. The van der Waals surface area contributed by atoms with Crippen LogP contribution in [0.1, 0.15) is 6.92 Å². The van der Waals surface area contributed by atoms with E-state index < -0.39 is 11.5 Å². The summed E-state index contributed by atoms with van der Waals surface area (Å²) in [5.41, 5.74) is -0.500. The molecule has 0 saturated heterocycles. The number of hydrogen-bond acceptors (Lipinski definition) is 1. The molecular formula is C3H6FFeO2. The third kappa shape index (κ3) is 14000. The minimum atomic E-state index is -0.833. The topological polar surface area (TPSA) is 37.3 Å². The summed E-state index contributed by atoms with van der Waals surface area (Å²) in [6, 6.07) is 0. The van der Waals surface area contributed by atoms with Crippen LogP contribution in [0.15, 0.2) is 0 Å². The van der Waals surface area contributed by atoms with Crippen LogP contribution >= 0.6 is 0 Å². The van der Waals surface area contributed by atoms with Crippen molar-refractivity contribution in [2.75, 3.05) is 5.57 Å². The third-order valence-electron chi connectivity index (χ3n) is 0. The van der Waals surface area contributed by atoms with E-state index in [1.54, 1.807) is 0 Å². The quantitative estimate of drug-likeness (QED) is 0.510. The van der Waals surface area contributed by atoms with Gasteiger partial charge in [0.15, 0.2) is 0 Å². The van der Waals surface area contributed by atoms with Crippen molar-refractivity contribution < 1.29 is 30.3 Å². The van der Waals surface area contributed by atoms with E-state index in [1.807, 2.05) is 0 Å². The van der Waals surface area contributed by atoms with Crippen molar-refractivity contribution in [1.29, 1.82) is 0 Å². The van der Waals surface area contributed by atoms with E-state index in [2.05, 4.69) is 16.0 Å². The minimum absolute atomic E-state index is 0.500. The van der Waals surface area contributed by atoms with E-state index in [0.29, 0.717) is 0 Å². The van der Waals surface area contributed by atoms with Gasteiger partial charge in [0, 0.05) is 6.92 Å². The molecule has 0 heterocycles. The second-order valence-electron chi connectivity index (χ2n) is 0.614. The monoisotopic (exact) mass is 149 g/mol. The fraction of sp³-hybridized carbons (Fsp3) is 0.667. The van der Waals surface area contributed by atoms with Crippen LogP contribution in [0.3, 0.4) is 0 Å². The first kappa shape index (κ1) is 10.0. The van der Waals surface area contributed by atoms with Crippen molar-refractivity contribution in [3.63, 3.8) is 0 Å². The molecule has 0 rings (SSSR count). The molecule has 45 valence electrons. The van der Waals surface area contributed by atoms with E-state index in [1.165, 1.54) is 0 Å². The summed E-state index contributed by atoms with van der Waals surface area (Å²) in [7, 11) is 0. The van der Waals surface area contributed by atoms with Gasteiger partial charge in [0.25, 0.3) is 5.97 Å². The van der Waals surface area contributed by atoms with Gasteiger partial charge >= 0.3 is 26.0 Å². The van der Waals surface area contributed by atoms with Crippen LogP contribution in [0.5, 0.6) is 0 Å². The Hall–Kier alpha value is -0.0805. The average Bonchev–Trinajstić information content (AvgIpc) is 1.33. The normalized spacial score (nSPS) is 6.14. The second kappa shape index (κ2) is 9.33. The van der Waals surface area contributed by atoms with Crippen molar-refractivity contribution >= 4 is 5.97 Å². The van der Waals surface area contributed by atoms with Crippen LogP contribution < -0.4 is 0 Å². The second-order valence-corrected chi connectivity index (χ2v) is 0.909. The molecule has 0 fully saturated rings. The van der Waals surface area contributed by atoms with Gasteiger partial charge in [-0.1, -0.05) is 0 Å². The van der Waals surface area contributed by atoms with Gasteiger partial charge in [-0.2, -0.15) is 0 Å². The molecule has 0 aliphatic carbocycles. The van der Waals surface area contributed by atoms with Gasteiger partial charge < -0.3 is 5.11 Å². The molecule has 0 aromatic rings. The van der Waals surface area contributed by atoms with E-state index in [0.717, 1.165) is 6.92 Å². The van der Waals surface area contributed by atoms with Crippen molar-refractivity contribution in [3.8, 4) is 0 Å². The average molecular weight is 149 g/mol. The predicted molar refractivity (Wildman–Crippen MR) is 19.3 cm³/mol. The zero-order chi connectivity index (χ0) is 6.28. The zero-order valence-electron chi connectivity index (χ0n) is 3.79. The molecule has 0 bridgehead atoms. The molecule has 0 aromatic heterocycles. The maximum atomic E-state index is 10.2. The van der Waals surface area contributed by atoms with Crippen molar-refractivity contribution in [3.05, 3.63) is 0 Å². The number of alkyl halides is 1. The zero-order valence-corrected chi connectivity index (χ0v) is 4.90. The summed E-state index contributed by atoms with van der Waals surface area (Å²) in [5, 5.41) is 7.42. The van der Waals surface area contributed by atoms with Crippen LogP contribution in [-0.4, -0.2) is 16.6 Å². The molecule has 0 aromatic carbocycles. The van der Waals surface area contributed by atoms with Crippen molar-refractivity contribution in [2.45, 2.75) is 6.92 Å². The van der Waals surface area contributed by atoms with Crippen LogP contribution in [0, 0.1) is 0 Å². The molecule has 0 unspecified atom stereocenters. The molecule has 2 nitrogen and oxygen atoms in total. The van der Waals surface area contributed by atoms with Crippen LogP contribution in [-0.2, 0) is 20.8 Å².